The van der Waals surface area contributed by atoms with Crippen LogP contribution in [-0.4, -0.2) is 30.2 Å². The van der Waals surface area contributed by atoms with Crippen molar-refractivity contribution in [3.8, 4) is 11.5 Å². The number of ether oxygens (including phenoxy) is 1. The van der Waals surface area contributed by atoms with Crippen molar-refractivity contribution in [2.45, 2.75) is 19.8 Å². The van der Waals surface area contributed by atoms with E-state index in [9.17, 15) is 14.7 Å². The molecule has 148 valence electrons. The zero-order chi connectivity index (χ0) is 20.7. The lowest BCUT2D eigenvalue weighted by atomic mass is 10.2. The van der Waals surface area contributed by atoms with E-state index >= 15 is 0 Å². The molecule has 0 unspecified atom stereocenters. The van der Waals surface area contributed by atoms with Gasteiger partial charge in [-0.2, -0.15) is 5.10 Å². The predicted octanol–water partition coefficient (Wildman–Crippen LogP) is 3.99. The lowest BCUT2D eigenvalue weighted by Crippen LogP contribution is -2.20. The molecule has 0 aliphatic heterocycles. The second kappa shape index (κ2) is 10.1. The molecule has 0 heterocycles. The zero-order valence-electron chi connectivity index (χ0n) is 15.3. The molecule has 0 saturated carbocycles. The normalized spacial score (nSPS) is 10.7. The van der Waals surface area contributed by atoms with E-state index in [0.29, 0.717) is 26.5 Å². The molecule has 0 fully saturated rings. The Kier molecular flexibility index (Phi) is 7.83. The summed E-state index contributed by atoms with van der Waals surface area (Å²) >= 11 is 9.15. The Hall–Kier alpha value is -2.58. The molecule has 0 radical (unpaired) electrons. The summed E-state index contributed by atoms with van der Waals surface area (Å²) < 4.78 is 5.58. The highest BCUT2D eigenvalue weighted by atomic mass is 79.9. The van der Waals surface area contributed by atoms with Crippen LogP contribution in [0, 0.1) is 6.92 Å². The first-order chi connectivity index (χ1) is 13.3. The quantitative estimate of drug-likeness (QED) is 0.422. The molecule has 7 nitrogen and oxygen atoms in total. The summed E-state index contributed by atoms with van der Waals surface area (Å²) in [4.78, 5) is 23.8. The summed E-state index contributed by atoms with van der Waals surface area (Å²) in [5, 5.41) is 17.0. The first kappa shape index (κ1) is 21.7. The molecule has 0 aliphatic rings. The Labute approximate surface area is 175 Å². The second-order valence-electron chi connectivity index (χ2n) is 5.86. The fraction of sp³-hybridized carbons (Fsp3) is 0.211. The summed E-state index contributed by atoms with van der Waals surface area (Å²) in [5.74, 6) is -0.438. The number of carbonyl (C=O) groups excluding carboxylic acids is 2. The minimum atomic E-state index is -0.406. The Morgan fingerprint density at radius 2 is 1.96 bits per heavy atom. The molecule has 0 saturated heterocycles. The van der Waals surface area contributed by atoms with Gasteiger partial charge in [0.1, 0.15) is 0 Å². The molecule has 2 aromatic rings. The van der Waals surface area contributed by atoms with Crippen LogP contribution in [0.1, 0.15) is 24.0 Å². The predicted molar refractivity (Wildman–Crippen MR) is 112 cm³/mol. The van der Waals surface area contributed by atoms with E-state index in [-0.39, 0.29) is 24.5 Å². The molecule has 0 aromatic heterocycles. The van der Waals surface area contributed by atoms with E-state index in [1.807, 2.05) is 6.92 Å². The van der Waals surface area contributed by atoms with Crippen LogP contribution in [0.3, 0.4) is 0 Å². The van der Waals surface area contributed by atoms with Crippen LogP contribution in [-0.2, 0) is 9.59 Å². The van der Waals surface area contributed by atoms with Crippen molar-refractivity contribution in [3.05, 3.63) is 51.0 Å². The van der Waals surface area contributed by atoms with Crippen LogP contribution in [0.2, 0.25) is 5.02 Å². The van der Waals surface area contributed by atoms with Crippen LogP contribution >= 0.6 is 27.5 Å². The van der Waals surface area contributed by atoms with Crippen molar-refractivity contribution in [3.63, 3.8) is 0 Å². The molecule has 0 atom stereocenters. The van der Waals surface area contributed by atoms with E-state index in [1.165, 1.54) is 19.4 Å². The van der Waals surface area contributed by atoms with Gasteiger partial charge in [-0.25, -0.2) is 5.43 Å². The molecule has 2 amide bonds. The molecular formula is C19H19BrClN3O4. The van der Waals surface area contributed by atoms with Crippen LogP contribution in [0.25, 0.3) is 0 Å². The Bertz CT molecular complexity index is 895. The molecule has 0 spiro atoms. The van der Waals surface area contributed by atoms with Crippen molar-refractivity contribution in [1.82, 2.24) is 5.43 Å². The average Bonchev–Trinajstić information content (AvgIpc) is 2.62. The van der Waals surface area contributed by atoms with Crippen LogP contribution in [0.4, 0.5) is 5.69 Å². The Morgan fingerprint density at radius 3 is 2.61 bits per heavy atom. The van der Waals surface area contributed by atoms with Crippen molar-refractivity contribution in [1.29, 1.82) is 0 Å². The minimum absolute atomic E-state index is 0.0122. The van der Waals surface area contributed by atoms with Crippen molar-refractivity contribution < 1.29 is 19.4 Å². The zero-order valence-corrected chi connectivity index (χ0v) is 17.6. The number of hydrazone groups is 1. The number of anilines is 1. The number of aryl methyl sites for hydroxylation is 1. The number of hydrogen-bond acceptors (Lipinski definition) is 5. The smallest absolute Gasteiger partial charge is 0.240 e. The van der Waals surface area contributed by atoms with Gasteiger partial charge in [0.15, 0.2) is 11.5 Å². The number of benzene rings is 2. The van der Waals surface area contributed by atoms with Crippen molar-refractivity contribution in [2.24, 2.45) is 5.10 Å². The van der Waals surface area contributed by atoms with Gasteiger partial charge in [0.25, 0.3) is 0 Å². The van der Waals surface area contributed by atoms with Gasteiger partial charge in [0.2, 0.25) is 11.8 Å². The summed E-state index contributed by atoms with van der Waals surface area (Å²) in [6.45, 7) is 1.83. The van der Waals surface area contributed by atoms with Crippen LogP contribution < -0.4 is 15.5 Å². The number of halogens is 2. The molecule has 3 N–H and O–H groups in total. The third-order valence-corrected chi connectivity index (χ3v) is 4.52. The third-order valence-electron chi connectivity index (χ3n) is 3.69. The number of carbonyl (C=O) groups is 2. The van der Waals surface area contributed by atoms with Gasteiger partial charge in [-0.05, 0) is 64.3 Å². The highest BCUT2D eigenvalue weighted by molar-refractivity contribution is 9.10. The largest absolute Gasteiger partial charge is 0.504 e. The van der Waals surface area contributed by atoms with E-state index in [2.05, 4.69) is 31.8 Å². The van der Waals surface area contributed by atoms with E-state index in [0.717, 1.165) is 5.56 Å². The molecule has 0 bridgehead atoms. The number of methoxy groups -OCH3 is 1. The molecular weight excluding hydrogens is 450 g/mol. The third kappa shape index (κ3) is 6.24. The van der Waals surface area contributed by atoms with Gasteiger partial charge >= 0.3 is 0 Å². The topological polar surface area (TPSA) is 100 Å². The molecule has 2 rings (SSSR count). The lowest BCUT2D eigenvalue weighted by Gasteiger charge is -2.08. The number of amides is 2. The summed E-state index contributed by atoms with van der Waals surface area (Å²) in [6, 6.07) is 8.26. The van der Waals surface area contributed by atoms with Crippen molar-refractivity contribution >= 4 is 51.2 Å². The van der Waals surface area contributed by atoms with E-state index in [1.54, 1.807) is 24.3 Å². The number of rotatable bonds is 7. The minimum Gasteiger partial charge on any atom is -0.504 e. The fourth-order valence-electron chi connectivity index (χ4n) is 2.32. The second-order valence-corrected chi connectivity index (χ2v) is 7.15. The summed E-state index contributed by atoms with van der Waals surface area (Å²) in [6.07, 6.45) is 1.37. The molecule has 0 aliphatic carbocycles. The standard InChI is InChI=1S/C19H19BrClN3O4/c1-11-7-13(21)3-4-15(11)23-17(26)5-6-18(27)24-22-10-12-8-14(20)19(28-2)16(25)9-12/h3-4,7-10,25H,5-6H2,1-2H3,(H,23,26)(H,24,27)/b22-10+. The molecule has 2 aromatic carbocycles. The maximum atomic E-state index is 12.0. The number of aromatic hydroxyl groups is 1. The van der Waals surface area contributed by atoms with Gasteiger partial charge in [0, 0.05) is 23.6 Å². The number of phenolic OH excluding ortho intramolecular Hbond substituents is 1. The summed E-state index contributed by atoms with van der Waals surface area (Å²) in [7, 11) is 1.44. The van der Waals surface area contributed by atoms with Gasteiger partial charge in [-0.15, -0.1) is 0 Å². The van der Waals surface area contributed by atoms with Gasteiger partial charge in [-0.3, -0.25) is 9.59 Å². The van der Waals surface area contributed by atoms with Gasteiger partial charge in [0.05, 0.1) is 17.8 Å². The van der Waals surface area contributed by atoms with E-state index in [4.69, 9.17) is 16.3 Å². The van der Waals surface area contributed by atoms with Gasteiger partial charge in [-0.1, -0.05) is 11.6 Å². The first-order valence-corrected chi connectivity index (χ1v) is 9.41. The number of hydrogen-bond donors (Lipinski definition) is 3. The number of phenols is 1. The highest BCUT2D eigenvalue weighted by Gasteiger charge is 2.09. The lowest BCUT2D eigenvalue weighted by molar-refractivity contribution is -0.124. The fourth-order valence-corrected chi connectivity index (χ4v) is 3.17. The average molecular weight is 469 g/mol. The highest BCUT2D eigenvalue weighted by Crippen LogP contribution is 2.34. The first-order valence-electron chi connectivity index (χ1n) is 8.24. The maximum absolute atomic E-state index is 12.0. The number of nitrogens with zero attached hydrogens (tertiary/aromatic N) is 1. The Morgan fingerprint density at radius 1 is 1.25 bits per heavy atom. The monoisotopic (exact) mass is 467 g/mol. The van der Waals surface area contributed by atoms with Gasteiger partial charge < -0.3 is 15.2 Å². The number of nitrogens with one attached hydrogen (secondary N) is 2. The molecule has 9 heteroatoms. The van der Waals surface area contributed by atoms with E-state index < -0.39 is 5.91 Å². The molecule has 28 heavy (non-hydrogen) atoms. The van der Waals surface area contributed by atoms with Crippen LogP contribution in [0.5, 0.6) is 11.5 Å². The maximum Gasteiger partial charge on any atom is 0.240 e. The van der Waals surface area contributed by atoms with Crippen molar-refractivity contribution in [2.75, 3.05) is 12.4 Å². The summed E-state index contributed by atoms with van der Waals surface area (Å²) in [5.41, 5.74) is 4.39. The van der Waals surface area contributed by atoms with Crippen LogP contribution in [0.15, 0.2) is 39.9 Å². The SMILES string of the molecule is COc1c(O)cc(/C=N/NC(=O)CCC(=O)Nc2ccc(Cl)cc2C)cc1Br. The Balaban J connectivity index is 1.82.